The molecule has 0 saturated carbocycles. The maximum absolute atomic E-state index is 4.25. The second-order valence-electron chi connectivity index (χ2n) is 2.98. The number of nitrogens with zero attached hydrogens (tertiary/aromatic N) is 4. The molecule has 4 nitrogen and oxygen atoms in total. The van der Waals surface area contributed by atoms with E-state index in [0.29, 0.717) is 0 Å². The molecule has 2 aromatic heterocycles. The molecule has 0 aliphatic heterocycles. The second-order valence-corrected chi connectivity index (χ2v) is 2.98. The molecule has 13 heavy (non-hydrogen) atoms. The Bertz CT molecular complexity index is 419. The van der Waals surface area contributed by atoms with Crippen LogP contribution in [0.2, 0.25) is 0 Å². The van der Waals surface area contributed by atoms with E-state index in [9.17, 15) is 0 Å². The molecule has 2 heterocycles. The summed E-state index contributed by atoms with van der Waals surface area (Å²) in [5, 5.41) is 0.981. The fraction of sp³-hybridized carbons (Fsp3) is 0.222. The second kappa shape index (κ2) is 2.97. The van der Waals surface area contributed by atoms with E-state index < -0.39 is 0 Å². The Labute approximate surface area is 76.3 Å². The fourth-order valence-electron chi connectivity index (χ4n) is 1.25. The van der Waals surface area contributed by atoms with Crippen molar-refractivity contribution in [2.75, 3.05) is 19.0 Å². The van der Waals surface area contributed by atoms with E-state index in [1.807, 2.05) is 25.1 Å². The summed E-state index contributed by atoms with van der Waals surface area (Å²) in [6.07, 6.45) is 5.08. The highest BCUT2D eigenvalue weighted by atomic mass is 15.1. The minimum absolute atomic E-state index is 0.901. The smallest absolute Gasteiger partial charge is 0.139 e. The third kappa shape index (κ3) is 1.30. The molecule has 0 spiro atoms. The van der Waals surface area contributed by atoms with Crippen LogP contribution in [0.1, 0.15) is 0 Å². The number of hydrogen-bond donors (Lipinski definition) is 0. The first kappa shape index (κ1) is 7.91. The molecule has 0 aliphatic rings. The number of fused-ring (bicyclic) bond motifs is 1. The minimum Gasteiger partial charge on any atom is -0.362 e. The first-order valence-electron chi connectivity index (χ1n) is 4.01. The SMILES string of the molecule is CN(C)c1nccc2ncncc12. The van der Waals surface area contributed by atoms with Gasteiger partial charge in [-0.1, -0.05) is 0 Å². The zero-order chi connectivity index (χ0) is 9.26. The van der Waals surface area contributed by atoms with Gasteiger partial charge in [-0.2, -0.15) is 0 Å². The van der Waals surface area contributed by atoms with E-state index in [0.717, 1.165) is 16.7 Å². The van der Waals surface area contributed by atoms with Gasteiger partial charge in [0, 0.05) is 26.5 Å². The Morgan fingerprint density at radius 3 is 2.85 bits per heavy atom. The van der Waals surface area contributed by atoms with Gasteiger partial charge < -0.3 is 4.90 Å². The first-order chi connectivity index (χ1) is 6.29. The standard InChI is InChI=1S/C9H10N4/c1-13(2)9-7-5-10-6-12-8(7)3-4-11-9/h3-6H,1-2H3. The number of pyridine rings is 1. The summed E-state index contributed by atoms with van der Waals surface area (Å²) >= 11 is 0. The van der Waals surface area contributed by atoms with Crippen LogP contribution in [-0.4, -0.2) is 29.0 Å². The van der Waals surface area contributed by atoms with Gasteiger partial charge in [0.05, 0.1) is 10.9 Å². The zero-order valence-electron chi connectivity index (χ0n) is 7.60. The molecule has 0 bridgehead atoms. The normalized spacial score (nSPS) is 10.3. The van der Waals surface area contributed by atoms with Crippen LogP contribution in [0.15, 0.2) is 24.8 Å². The van der Waals surface area contributed by atoms with E-state index >= 15 is 0 Å². The molecule has 2 rings (SSSR count). The number of hydrogen-bond acceptors (Lipinski definition) is 4. The van der Waals surface area contributed by atoms with Crippen molar-refractivity contribution in [3.05, 3.63) is 24.8 Å². The topological polar surface area (TPSA) is 41.9 Å². The Kier molecular flexibility index (Phi) is 1.81. The lowest BCUT2D eigenvalue weighted by Gasteiger charge is -2.12. The van der Waals surface area contributed by atoms with E-state index in [2.05, 4.69) is 15.0 Å². The predicted octanol–water partition coefficient (Wildman–Crippen LogP) is 1.09. The maximum atomic E-state index is 4.25. The third-order valence-electron chi connectivity index (χ3n) is 1.84. The molecule has 0 aromatic carbocycles. The van der Waals surface area contributed by atoms with E-state index in [4.69, 9.17) is 0 Å². The quantitative estimate of drug-likeness (QED) is 0.649. The minimum atomic E-state index is 0.901. The molecule has 0 aliphatic carbocycles. The molecule has 4 heteroatoms. The fourth-order valence-corrected chi connectivity index (χ4v) is 1.25. The monoisotopic (exact) mass is 174 g/mol. The number of rotatable bonds is 1. The molecular formula is C9H10N4. The van der Waals surface area contributed by atoms with Crippen LogP contribution in [0.5, 0.6) is 0 Å². The van der Waals surface area contributed by atoms with Crippen LogP contribution in [-0.2, 0) is 0 Å². The van der Waals surface area contributed by atoms with Crippen molar-refractivity contribution in [2.45, 2.75) is 0 Å². The lowest BCUT2D eigenvalue weighted by Crippen LogP contribution is -2.11. The highest BCUT2D eigenvalue weighted by Gasteiger charge is 2.03. The molecule has 0 radical (unpaired) electrons. The van der Waals surface area contributed by atoms with E-state index in [-0.39, 0.29) is 0 Å². The van der Waals surface area contributed by atoms with Gasteiger partial charge in [-0.25, -0.2) is 15.0 Å². The molecule has 0 fully saturated rings. The molecule has 0 saturated heterocycles. The largest absolute Gasteiger partial charge is 0.362 e. The van der Waals surface area contributed by atoms with Crippen LogP contribution >= 0.6 is 0 Å². The summed E-state index contributed by atoms with van der Waals surface area (Å²) in [5.74, 6) is 0.901. The summed E-state index contributed by atoms with van der Waals surface area (Å²) in [7, 11) is 3.91. The molecular weight excluding hydrogens is 164 g/mol. The van der Waals surface area contributed by atoms with Gasteiger partial charge >= 0.3 is 0 Å². The van der Waals surface area contributed by atoms with Crippen molar-refractivity contribution >= 4 is 16.7 Å². The molecule has 0 atom stereocenters. The van der Waals surface area contributed by atoms with Gasteiger partial charge in [-0.05, 0) is 6.07 Å². The number of aromatic nitrogens is 3. The van der Waals surface area contributed by atoms with Crippen LogP contribution in [0, 0.1) is 0 Å². The van der Waals surface area contributed by atoms with Crippen molar-refractivity contribution in [1.29, 1.82) is 0 Å². The average Bonchev–Trinajstić information content (AvgIpc) is 2.17. The van der Waals surface area contributed by atoms with Crippen molar-refractivity contribution in [1.82, 2.24) is 15.0 Å². The maximum Gasteiger partial charge on any atom is 0.139 e. The Morgan fingerprint density at radius 2 is 2.08 bits per heavy atom. The highest BCUT2D eigenvalue weighted by Crippen LogP contribution is 2.19. The molecule has 0 amide bonds. The van der Waals surface area contributed by atoms with E-state index in [1.54, 1.807) is 18.7 Å². The van der Waals surface area contributed by atoms with Gasteiger partial charge in [-0.3, -0.25) is 0 Å². The highest BCUT2D eigenvalue weighted by molar-refractivity contribution is 5.88. The lowest BCUT2D eigenvalue weighted by atomic mass is 10.3. The first-order valence-corrected chi connectivity index (χ1v) is 4.01. The van der Waals surface area contributed by atoms with Crippen molar-refractivity contribution < 1.29 is 0 Å². The van der Waals surface area contributed by atoms with Gasteiger partial charge in [-0.15, -0.1) is 0 Å². The summed E-state index contributed by atoms with van der Waals surface area (Å²) < 4.78 is 0. The zero-order valence-corrected chi connectivity index (χ0v) is 7.60. The Morgan fingerprint density at radius 1 is 1.23 bits per heavy atom. The molecule has 66 valence electrons. The molecule has 0 unspecified atom stereocenters. The average molecular weight is 174 g/mol. The molecule has 2 aromatic rings. The predicted molar refractivity (Wildman–Crippen MR) is 51.7 cm³/mol. The van der Waals surface area contributed by atoms with Gasteiger partial charge in [0.25, 0.3) is 0 Å². The lowest BCUT2D eigenvalue weighted by molar-refractivity contribution is 1.07. The van der Waals surface area contributed by atoms with E-state index in [1.165, 1.54) is 0 Å². The van der Waals surface area contributed by atoms with Crippen LogP contribution in [0.25, 0.3) is 10.9 Å². The summed E-state index contributed by atoms with van der Waals surface area (Å²) in [6, 6.07) is 1.88. The molecule has 0 N–H and O–H groups in total. The van der Waals surface area contributed by atoms with Crippen LogP contribution in [0.3, 0.4) is 0 Å². The van der Waals surface area contributed by atoms with Crippen molar-refractivity contribution in [3.63, 3.8) is 0 Å². The summed E-state index contributed by atoms with van der Waals surface area (Å²) in [5.41, 5.74) is 0.925. The third-order valence-corrected chi connectivity index (χ3v) is 1.84. The van der Waals surface area contributed by atoms with Crippen molar-refractivity contribution in [3.8, 4) is 0 Å². The summed E-state index contributed by atoms with van der Waals surface area (Å²) in [4.78, 5) is 14.3. The van der Waals surface area contributed by atoms with Crippen LogP contribution < -0.4 is 4.90 Å². The Balaban J connectivity index is 2.76. The van der Waals surface area contributed by atoms with Crippen molar-refractivity contribution in [2.24, 2.45) is 0 Å². The number of anilines is 1. The van der Waals surface area contributed by atoms with Gasteiger partial charge in [0.1, 0.15) is 12.1 Å². The van der Waals surface area contributed by atoms with Gasteiger partial charge in [0.2, 0.25) is 0 Å². The van der Waals surface area contributed by atoms with Crippen LogP contribution in [0.4, 0.5) is 5.82 Å². The van der Waals surface area contributed by atoms with Gasteiger partial charge in [0.15, 0.2) is 0 Å². The summed E-state index contributed by atoms with van der Waals surface area (Å²) in [6.45, 7) is 0. The Hall–Kier alpha value is -1.71.